The second-order valence-electron chi connectivity index (χ2n) is 4.61. The van der Waals surface area contributed by atoms with Gasteiger partial charge >= 0.3 is 0 Å². The van der Waals surface area contributed by atoms with Crippen molar-refractivity contribution in [3.05, 3.63) is 28.3 Å². The van der Waals surface area contributed by atoms with Gasteiger partial charge in [0.2, 0.25) is 0 Å². The van der Waals surface area contributed by atoms with Crippen molar-refractivity contribution in [2.75, 3.05) is 13.1 Å². The fraction of sp³-hybridized carbons (Fsp3) is 0.545. The van der Waals surface area contributed by atoms with Gasteiger partial charge in [0.25, 0.3) is 0 Å². The van der Waals surface area contributed by atoms with Crippen LogP contribution < -0.4 is 0 Å². The molecule has 2 aromatic rings. The Morgan fingerprint density at radius 3 is 3.06 bits per heavy atom. The Bertz CT molecular complexity index is 537. The maximum Gasteiger partial charge on any atom is 0.122 e. The van der Waals surface area contributed by atoms with Crippen LogP contribution in [-0.4, -0.2) is 38.1 Å². The van der Waals surface area contributed by atoms with Crippen molar-refractivity contribution in [1.82, 2.24) is 25.0 Å². The molecule has 0 amide bonds. The van der Waals surface area contributed by atoms with Gasteiger partial charge in [-0.15, -0.1) is 0 Å². The molecule has 0 bridgehead atoms. The lowest BCUT2D eigenvalue weighted by Gasteiger charge is -2.14. The maximum atomic E-state index is 4.72. The monoisotopic (exact) mass is 311 g/mol. The quantitative estimate of drug-likeness (QED) is 0.865. The van der Waals surface area contributed by atoms with Gasteiger partial charge in [0.15, 0.2) is 0 Å². The third kappa shape index (κ3) is 2.32. The van der Waals surface area contributed by atoms with E-state index in [4.69, 9.17) is 4.63 Å². The fourth-order valence-corrected chi connectivity index (χ4v) is 2.59. The van der Waals surface area contributed by atoms with Crippen LogP contribution in [0, 0.1) is 6.92 Å². The van der Waals surface area contributed by atoms with Crippen LogP contribution in [0.2, 0.25) is 0 Å². The maximum absolute atomic E-state index is 4.72. The van der Waals surface area contributed by atoms with Crippen LogP contribution in [-0.2, 0) is 6.54 Å². The summed E-state index contributed by atoms with van der Waals surface area (Å²) in [6.45, 7) is 4.76. The van der Waals surface area contributed by atoms with E-state index in [-0.39, 0.29) is 0 Å². The summed E-state index contributed by atoms with van der Waals surface area (Å²) in [5.74, 6) is 0. The summed E-state index contributed by atoms with van der Waals surface area (Å²) in [5, 5.41) is 12.1. The minimum Gasteiger partial charge on any atom is -0.295 e. The minimum absolute atomic E-state index is 0.441. The predicted octanol–water partition coefficient (Wildman–Crippen LogP) is 1.78. The predicted molar refractivity (Wildman–Crippen MR) is 67.9 cm³/mol. The highest BCUT2D eigenvalue weighted by Gasteiger charge is 2.25. The molecule has 3 heterocycles. The van der Waals surface area contributed by atoms with Crippen molar-refractivity contribution in [3.63, 3.8) is 0 Å². The Labute approximate surface area is 113 Å². The first-order valence-corrected chi connectivity index (χ1v) is 6.72. The number of halogens is 1. The summed E-state index contributed by atoms with van der Waals surface area (Å²) in [4.78, 5) is 2.35. The van der Waals surface area contributed by atoms with Gasteiger partial charge in [-0.1, -0.05) is 10.3 Å². The average molecular weight is 312 g/mol. The molecule has 2 aromatic heterocycles. The molecule has 1 aliphatic heterocycles. The lowest BCUT2D eigenvalue weighted by Crippen LogP contribution is -2.22. The minimum atomic E-state index is 0.441. The van der Waals surface area contributed by atoms with Crippen LogP contribution in [0.4, 0.5) is 0 Å². The van der Waals surface area contributed by atoms with Crippen LogP contribution in [0.15, 0.2) is 21.5 Å². The van der Waals surface area contributed by atoms with E-state index in [1.54, 1.807) is 0 Å². The van der Waals surface area contributed by atoms with Crippen molar-refractivity contribution in [2.45, 2.75) is 25.9 Å². The third-order valence-corrected chi connectivity index (χ3v) is 3.72. The van der Waals surface area contributed by atoms with E-state index in [0.717, 1.165) is 41.9 Å². The van der Waals surface area contributed by atoms with Crippen molar-refractivity contribution in [2.24, 2.45) is 0 Å². The van der Waals surface area contributed by atoms with Crippen LogP contribution in [0.5, 0.6) is 0 Å². The first-order chi connectivity index (χ1) is 8.72. The fourth-order valence-electron chi connectivity index (χ4n) is 2.29. The molecule has 1 aliphatic rings. The molecule has 6 nitrogen and oxygen atoms in total. The lowest BCUT2D eigenvalue weighted by atomic mass is 10.3. The van der Waals surface area contributed by atoms with Gasteiger partial charge in [0.1, 0.15) is 11.4 Å². The summed E-state index contributed by atoms with van der Waals surface area (Å²) in [6, 6.07) is 0.441. The summed E-state index contributed by atoms with van der Waals surface area (Å²) < 4.78 is 7.77. The molecule has 1 fully saturated rings. The van der Waals surface area contributed by atoms with E-state index >= 15 is 0 Å². The second kappa shape index (κ2) is 4.81. The van der Waals surface area contributed by atoms with Gasteiger partial charge in [-0.2, -0.15) is 5.10 Å². The van der Waals surface area contributed by atoms with E-state index in [9.17, 15) is 0 Å². The molecule has 1 unspecified atom stereocenters. The summed E-state index contributed by atoms with van der Waals surface area (Å²) in [5.41, 5.74) is 1.80. The SMILES string of the molecule is Cc1nonc1CN1CCC(n2cc(Br)cn2)C1. The Hall–Kier alpha value is -1.21. The molecular weight excluding hydrogens is 298 g/mol. The van der Waals surface area contributed by atoms with E-state index in [0.29, 0.717) is 6.04 Å². The van der Waals surface area contributed by atoms with Crippen LogP contribution >= 0.6 is 15.9 Å². The zero-order valence-electron chi connectivity index (χ0n) is 10.1. The van der Waals surface area contributed by atoms with Gasteiger partial charge < -0.3 is 0 Å². The number of aryl methyl sites for hydroxylation is 1. The first-order valence-electron chi connectivity index (χ1n) is 5.92. The number of hydrogen-bond acceptors (Lipinski definition) is 5. The molecule has 7 heteroatoms. The molecule has 0 aromatic carbocycles. The summed E-state index contributed by atoms with van der Waals surface area (Å²) in [6.07, 6.45) is 4.96. The van der Waals surface area contributed by atoms with Gasteiger partial charge in [-0.25, -0.2) is 4.63 Å². The topological polar surface area (TPSA) is 60.0 Å². The van der Waals surface area contributed by atoms with Gasteiger partial charge in [-0.3, -0.25) is 9.58 Å². The Kier molecular flexibility index (Phi) is 3.17. The van der Waals surface area contributed by atoms with Crippen molar-refractivity contribution in [1.29, 1.82) is 0 Å². The van der Waals surface area contributed by atoms with E-state index in [1.807, 2.05) is 24.0 Å². The van der Waals surface area contributed by atoms with Gasteiger partial charge in [-0.05, 0) is 29.3 Å². The number of hydrogen-bond donors (Lipinski definition) is 0. The zero-order valence-corrected chi connectivity index (χ0v) is 11.7. The van der Waals surface area contributed by atoms with E-state index in [2.05, 4.69) is 36.2 Å². The molecule has 18 heavy (non-hydrogen) atoms. The zero-order chi connectivity index (χ0) is 12.5. The van der Waals surface area contributed by atoms with E-state index in [1.165, 1.54) is 0 Å². The van der Waals surface area contributed by atoms with Gasteiger partial charge in [0.05, 0.1) is 16.7 Å². The molecule has 0 N–H and O–H groups in total. The van der Waals surface area contributed by atoms with Crippen LogP contribution in [0.1, 0.15) is 23.9 Å². The van der Waals surface area contributed by atoms with Crippen LogP contribution in [0.25, 0.3) is 0 Å². The Morgan fingerprint density at radius 1 is 1.50 bits per heavy atom. The highest BCUT2D eigenvalue weighted by Crippen LogP contribution is 2.23. The number of aromatic nitrogens is 4. The van der Waals surface area contributed by atoms with E-state index < -0.39 is 0 Å². The highest BCUT2D eigenvalue weighted by atomic mass is 79.9. The highest BCUT2D eigenvalue weighted by molar-refractivity contribution is 9.10. The smallest absolute Gasteiger partial charge is 0.122 e. The first kappa shape index (κ1) is 11.9. The second-order valence-corrected chi connectivity index (χ2v) is 5.53. The van der Waals surface area contributed by atoms with Crippen molar-refractivity contribution in [3.8, 4) is 0 Å². The van der Waals surface area contributed by atoms with Crippen LogP contribution in [0.3, 0.4) is 0 Å². The molecule has 1 saturated heterocycles. The third-order valence-electron chi connectivity index (χ3n) is 3.31. The number of likely N-dealkylation sites (tertiary alicyclic amines) is 1. The molecular formula is C11H14BrN5O. The number of nitrogens with zero attached hydrogens (tertiary/aromatic N) is 5. The molecule has 3 rings (SSSR count). The summed E-state index contributed by atoms with van der Waals surface area (Å²) >= 11 is 3.42. The molecule has 1 atom stereocenters. The molecule has 0 radical (unpaired) electrons. The molecule has 0 spiro atoms. The average Bonchev–Trinajstić information content (AvgIpc) is 3.03. The Morgan fingerprint density at radius 2 is 2.39 bits per heavy atom. The molecule has 0 saturated carbocycles. The normalized spacial score (nSPS) is 20.7. The largest absolute Gasteiger partial charge is 0.295 e. The summed E-state index contributed by atoms with van der Waals surface area (Å²) in [7, 11) is 0. The molecule has 0 aliphatic carbocycles. The van der Waals surface area contributed by atoms with Crippen molar-refractivity contribution < 1.29 is 4.63 Å². The van der Waals surface area contributed by atoms with Crippen molar-refractivity contribution >= 4 is 15.9 Å². The molecule has 96 valence electrons. The Balaban J connectivity index is 1.63. The van der Waals surface area contributed by atoms with Gasteiger partial charge in [0, 0.05) is 25.8 Å². The number of rotatable bonds is 3. The lowest BCUT2D eigenvalue weighted by molar-refractivity contribution is 0.277. The standard InChI is InChI=1S/C11H14BrN5O/c1-8-11(15-18-14-8)7-16-3-2-10(6-16)17-5-9(12)4-13-17/h4-5,10H,2-3,6-7H2,1H3.